The minimum absolute atomic E-state index is 0.0312. The number of amides is 1. The van der Waals surface area contributed by atoms with E-state index in [1.165, 1.54) is 10.9 Å². The van der Waals surface area contributed by atoms with Gasteiger partial charge in [-0.05, 0) is 41.6 Å². The van der Waals surface area contributed by atoms with Crippen LogP contribution in [0.3, 0.4) is 0 Å². The molecule has 1 aromatic heterocycles. The Kier molecular flexibility index (Phi) is 5.29. The lowest BCUT2D eigenvalue weighted by Crippen LogP contribution is -2.25. The highest BCUT2D eigenvalue weighted by molar-refractivity contribution is 5.94. The number of nitrogens with one attached hydrogen (secondary N) is 1. The summed E-state index contributed by atoms with van der Waals surface area (Å²) in [6.45, 7) is 2.11. The molecule has 0 aliphatic carbocycles. The Balaban J connectivity index is 1.48. The van der Waals surface area contributed by atoms with E-state index in [0.717, 1.165) is 18.5 Å². The normalized spacial score (nSPS) is 10.9. The minimum atomic E-state index is -0.0312. The Labute approximate surface area is 142 Å². The topological polar surface area (TPSA) is 43.3 Å². The van der Waals surface area contributed by atoms with Gasteiger partial charge in [-0.15, -0.1) is 0 Å². The average molecular weight is 322 g/mol. The van der Waals surface area contributed by atoms with Crippen LogP contribution in [0.15, 0.2) is 60.8 Å². The number of aryl methyl sites for hydroxylation is 1. The smallest absolute Gasteiger partial charge is 0.251 e. The molecule has 0 aliphatic rings. The first-order chi connectivity index (χ1) is 11.8. The maximum absolute atomic E-state index is 12.1. The Morgan fingerprint density at radius 3 is 2.67 bits per heavy atom. The minimum Gasteiger partial charge on any atom is -0.380 e. The number of methoxy groups -OCH3 is 1. The fourth-order valence-electron chi connectivity index (χ4n) is 2.81. The van der Waals surface area contributed by atoms with Gasteiger partial charge in [0.15, 0.2) is 0 Å². The summed E-state index contributed by atoms with van der Waals surface area (Å²) in [6, 6.07) is 18.0. The fraction of sp³-hybridized carbons (Fsp3) is 0.250. The summed E-state index contributed by atoms with van der Waals surface area (Å²) in [5, 5.41) is 4.23. The van der Waals surface area contributed by atoms with Gasteiger partial charge >= 0.3 is 0 Å². The molecular formula is C20H22N2O2. The molecule has 0 bridgehead atoms. The second-order valence-corrected chi connectivity index (χ2v) is 5.81. The van der Waals surface area contributed by atoms with E-state index in [0.29, 0.717) is 18.7 Å². The monoisotopic (exact) mass is 322 g/mol. The van der Waals surface area contributed by atoms with Crippen molar-refractivity contribution in [2.75, 3.05) is 13.7 Å². The zero-order valence-electron chi connectivity index (χ0n) is 13.9. The number of hydrogen-bond donors (Lipinski definition) is 1. The lowest BCUT2D eigenvalue weighted by atomic mass is 10.1. The molecule has 1 N–H and O–H groups in total. The quantitative estimate of drug-likeness (QED) is 0.675. The maximum atomic E-state index is 12.1. The molecule has 0 saturated carbocycles. The molecule has 3 rings (SSSR count). The summed E-state index contributed by atoms with van der Waals surface area (Å²) in [5.41, 5.74) is 2.98. The number of carbonyl (C=O) groups is 1. The summed E-state index contributed by atoms with van der Waals surface area (Å²) in [5.74, 6) is -0.0312. The van der Waals surface area contributed by atoms with Gasteiger partial charge in [0.25, 0.3) is 5.91 Å². The summed E-state index contributed by atoms with van der Waals surface area (Å²) in [6.07, 6.45) is 2.99. The van der Waals surface area contributed by atoms with E-state index in [4.69, 9.17) is 4.74 Å². The third-order valence-corrected chi connectivity index (χ3v) is 4.07. The highest BCUT2D eigenvalue weighted by atomic mass is 16.5. The number of carbonyl (C=O) groups excluding carboxylic acids is 1. The number of para-hydroxylation sites is 1. The van der Waals surface area contributed by atoms with Crippen LogP contribution in [0.1, 0.15) is 22.3 Å². The van der Waals surface area contributed by atoms with Crippen molar-refractivity contribution in [2.24, 2.45) is 0 Å². The first kappa shape index (κ1) is 16.3. The molecule has 1 heterocycles. The number of rotatable bonds is 7. The van der Waals surface area contributed by atoms with Gasteiger partial charge in [0.05, 0.1) is 6.61 Å². The van der Waals surface area contributed by atoms with Crippen LogP contribution in [0.4, 0.5) is 0 Å². The number of aromatic nitrogens is 1. The van der Waals surface area contributed by atoms with E-state index < -0.39 is 0 Å². The highest BCUT2D eigenvalue weighted by Crippen LogP contribution is 2.15. The third kappa shape index (κ3) is 3.84. The molecule has 1 amide bonds. The van der Waals surface area contributed by atoms with Gasteiger partial charge in [0.2, 0.25) is 0 Å². The Morgan fingerprint density at radius 2 is 1.88 bits per heavy atom. The van der Waals surface area contributed by atoms with Gasteiger partial charge in [-0.3, -0.25) is 4.79 Å². The van der Waals surface area contributed by atoms with Gasteiger partial charge < -0.3 is 14.6 Å². The van der Waals surface area contributed by atoms with Crippen LogP contribution in [0.2, 0.25) is 0 Å². The molecule has 4 nitrogen and oxygen atoms in total. The average Bonchev–Trinajstić information content (AvgIpc) is 3.03. The zero-order valence-corrected chi connectivity index (χ0v) is 13.9. The number of nitrogens with zero attached hydrogens (tertiary/aromatic N) is 1. The van der Waals surface area contributed by atoms with Crippen molar-refractivity contribution in [3.8, 4) is 0 Å². The number of hydrogen-bond acceptors (Lipinski definition) is 2. The molecule has 0 aliphatic heterocycles. The summed E-state index contributed by atoms with van der Waals surface area (Å²) >= 11 is 0. The van der Waals surface area contributed by atoms with Crippen LogP contribution in [-0.2, 0) is 17.9 Å². The number of benzene rings is 2. The first-order valence-electron chi connectivity index (χ1n) is 8.18. The van der Waals surface area contributed by atoms with Crippen molar-refractivity contribution in [1.82, 2.24) is 9.88 Å². The maximum Gasteiger partial charge on any atom is 0.251 e. The van der Waals surface area contributed by atoms with E-state index in [1.54, 1.807) is 7.11 Å². The van der Waals surface area contributed by atoms with Crippen LogP contribution < -0.4 is 5.32 Å². The molecule has 124 valence electrons. The summed E-state index contributed by atoms with van der Waals surface area (Å²) in [4.78, 5) is 12.1. The molecule has 0 unspecified atom stereocenters. The van der Waals surface area contributed by atoms with Crippen LogP contribution in [0, 0.1) is 0 Å². The van der Waals surface area contributed by atoms with Gasteiger partial charge in [-0.1, -0.05) is 30.3 Å². The third-order valence-electron chi connectivity index (χ3n) is 4.07. The Bertz CT molecular complexity index is 806. The molecule has 0 atom stereocenters. The van der Waals surface area contributed by atoms with Crippen molar-refractivity contribution >= 4 is 16.8 Å². The fourth-order valence-corrected chi connectivity index (χ4v) is 2.81. The number of fused-ring (bicyclic) bond motifs is 1. The predicted molar refractivity (Wildman–Crippen MR) is 96.0 cm³/mol. The van der Waals surface area contributed by atoms with E-state index in [9.17, 15) is 4.79 Å². The zero-order chi connectivity index (χ0) is 16.8. The molecule has 0 saturated heterocycles. The molecule has 24 heavy (non-hydrogen) atoms. The van der Waals surface area contributed by atoms with Gasteiger partial charge in [0, 0.05) is 37.5 Å². The van der Waals surface area contributed by atoms with E-state index in [2.05, 4.69) is 34.3 Å². The highest BCUT2D eigenvalue weighted by Gasteiger charge is 2.05. The van der Waals surface area contributed by atoms with Crippen molar-refractivity contribution in [3.05, 3.63) is 71.9 Å². The van der Waals surface area contributed by atoms with Crippen molar-refractivity contribution in [2.45, 2.75) is 19.6 Å². The standard InChI is InChI=1S/C20H22N2O2/c1-24-15-16-7-9-18(10-8-16)20(23)21-12-4-13-22-14-11-17-5-2-3-6-19(17)22/h2-3,5-11,14H,4,12-13,15H2,1H3,(H,21,23). The summed E-state index contributed by atoms with van der Waals surface area (Å²) < 4.78 is 7.29. The lowest BCUT2D eigenvalue weighted by Gasteiger charge is -2.08. The molecule has 2 aromatic carbocycles. The first-order valence-corrected chi connectivity index (χ1v) is 8.18. The predicted octanol–water partition coefficient (Wildman–Crippen LogP) is 3.61. The summed E-state index contributed by atoms with van der Waals surface area (Å²) in [7, 11) is 1.66. The Hall–Kier alpha value is -2.59. The molecular weight excluding hydrogens is 300 g/mol. The van der Waals surface area contributed by atoms with Crippen LogP contribution in [0.5, 0.6) is 0 Å². The van der Waals surface area contributed by atoms with E-state index in [1.807, 2.05) is 36.4 Å². The largest absolute Gasteiger partial charge is 0.380 e. The van der Waals surface area contributed by atoms with E-state index >= 15 is 0 Å². The second kappa shape index (κ2) is 7.79. The molecule has 0 spiro atoms. The van der Waals surface area contributed by atoms with Gasteiger partial charge in [0.1, 0.15) is 0 Å². The molecule has 0 fully saturated rings. The Morgan fingerprint density at radius 1 is 1.08 bits per heavy atom. The second-order valence-electron chi connectivity index (χ2n) is 5.81. The van der Waals surface area contributed by atoms with Gasteiger partial charge in [-0.2, -0.15) is 0 Å². The van der Waals surface area contributed by atoms with Crippen LogP contribution >= 0.6 is 0 Å². The SMILES string of the molecule is COCc1ccc(C(=O)NCCCn2ccc3ccccc32)cc1. The van der Waals surface area contributed by atoms with Crippen molar-refractivity contribution < 1.29 is 9.53 Å². The van der Waals surface area contributed by atoms with E-state index in [-0.39, 0.29) is 5.91 Å². The van der Waals surface area contributed by atoms with Crippen LogP contribution in [-0.4, -0.2) is 24.1 Å². The molecule has 3 aromatic rings. The van der Waals surface area contributed by atoms with Crippen molar-refractivity contribution in [1.29, 1.82) is 0 Å². The molecule has 0 radical (unpaired) electrons. The molecule has 4 heteroatoms. The van der Waals surface area contributed by atoms with Crippen LogP contribution in [0.25, 0.3) is 10.9 Å². The lowest BCUT2D eigenvalue weighted by molar-refractivity contribution is 0.0952. The van der Waals surface area contributed by atoms with Gasteiger partial charge in [-0.25, -0.2) is 0 Å². The number of ether oxygens (including phenoxy) is 1. The van der Waals surface area contributed by atoms with Crippen molar-refractivity contribution in [3.63, 3.8) is 0 Å².